The number of nitrogens with one attached hydrogen (secondary N) is 2. The highest BCUT2D eigenvalue weighted by atomic mass is 19.4. The van der Waals surface area contributed by atoms with Crippen LogP contribution in [0.15, 0.2) is 85.2 Å². The molecule has 0 bridgehead atoms. The van der Waals surface area contributed by atoms with Crippen LogP contribution in [0, 0.1) is 0 Å². The number of halogens is 3. The van der Waals surface area contributed by atoms with Crippen molar-refractivity contribution in [2.45, 2.75) is 51.2 Å². The Balaban J connectivity index is 1.43. The van der Waals surface area contributed by atoms with E-state index in [9.17, 15) is 27.6 Å². The lowest BCUT2D eigenvalue weighted by Gasteiger charge is -2.20. The Morgan fingerprint density at radius 1 is 0.830 bits per heavy atom. The fourth-order valence-corrected chi connectivity index (χ4v) is 4.55. The van der Waals surface area contributed by atoms with Crippen LogP contribution in [-0.2, 0) is 21.4 Å². The average molecular weight is 649 g/mol. The lowest BCUT2D eigenvalue weighted by atomic mass is 9.86. The Labute approximate surface area is 270 Å². The van der Waals surface area contributed by atoms with E-state index >= 15 is 0 Å². The van der Waals surface area contributed by atoms with Gasteiger partial charge < -0.3 is 20.5 Å². The van der Waals surface area contributed by atoms with Crippen molar-refractivity contribution in [3.8, 4) is 28.3 Å². The third kappa shape index (κ3) is 10.4. The SMILES string of the molecule is CC(C)(C)c1ccc(C(=O)NC(Cc2ccc(-c3ncc(-c4ccc(OCC(F)(F)F)cc4)cn3)cc2)C(=O)NCCC(=O)O)cc1. The van der Waals surface area contributed by atoms with E-state index in [1.54, 1.807) is 60.9 Å². The van der Waals surface area contributed by atoms with Gasteiger partial charge in [0.25, 0.3) is 5.91 Å². The number of benzene rings is 3. The molecular weight excluding hydrogens is 613 g/mol. The molecule has 0 radical (unpaired) electrons. The fraction of sp³-hybridized carbons (Fsp3) is 0.286. The minimum absolute atomic E-state index is 0.0803. The van der Waals surface area contributed by atoms with E-state index in [0.29, 0.717) is 28.1 Å². The number of aliphatic carboxylic acids is 1. The maximum absolute atomic E-state index is 13.1. The molecule has 1 aromatic heterocycles. The van der Waals surface area contributed by atoms with Crippen molar-refractivity contribution in [3.05, 3.63) is 102 Å². The van der Waals surface area contributed by atoms with Gasteiger partial charge in [-0.05, 0) is 46.4 Å². The number of carbonyl (C=O) groups is 3. The zero-order valence-corrected chi connectivity index (χ0v) is 26.1. The highest BCUT2D eigenvalue weighted by Gasteiger charge is 2.28. The number of carboxylic acid groups (broad SMARTS) is 1. The second-order valence-electron chi connectivity index (χ2n) is 11.9. The number of nitrogens with zero attached hydrogens (tertiary/aromatic N) is 2. The number of aromatic nitrogens is 2. The van der Waals surface area contributed by atoms with Gasteiger partial charge in [0.1, 0.15) is 11.8 Å². The van der Waals surface area contributed by atoms with E-state index in [2.05, 4.69) is 41.4 Å². The van der Waals surface area contributed by atoms with Crippen molar-refractivity contribution in [1.29, 1.82) is 0 Å². The summed E-state index contributed by atoms with van der Waals surface area (Å²) in [4.78, 5) is 45.9. The number of carboxylic acids is 1. The quantitative estimate of drug-likeness (QED) is 0.172. The summed E-state index contributed by atoms with van der Waals surface area (Å²) in [5, 5.41) is 14.3. The first-order valence-electron chi connectivity index (χ1n) is 14.8. The maximum atomic E-state index is 13.1. The molecule has 1 heterocycles. The van der Waals surface area contributed by atoms with Crippen LogP contribution in [0.2, 0.25) is 0 Å². The van der Waals surface area contributed by atoms with Gasteiger partial charge in [-0.1, -0.05) is 69.3 Å². The van der Waals surface area contributed by atoms with Gasteiger partial charge in [0.2, 0.25) is 5.91 Å². The molecule has 0 saturated heterocycles. The molecule has 1 unspecified atom stereocenters. The van der Waals surface area contributed by atoms with Gasteiger partial charge in [-0.3, -0.25) is 14.4 Å². The molecular formula is C35H35F3N4O5. The van der Waals surface area contributed by atoms with Crippen LogP contribution in [0.3, 0.4) is 0 Å². The molecule has 0 aliphatic heterocycles. The normalized spacial score (nSPS) is 12.2. The molecule has 246 valence electrons. The Hall–Kier alpha value is -5.26. The maximum Gasteiger partial charge on any atom is 0.422 e. The standard InChI is InChI=1S/C35H35F3N4O5/c1-34(2,3)27-12-8-25(9-13-27)32(45)42-29(33(46)39-17-16-30(43)44)18-22-4-6-24(7-5-22)31-40-19-26(20-41-31)23-10-14-28(15-11-23)47-21-35(36,37)38/h4-15,19-20,29H,16-18,21H2,1-3H3,(H,39,46)(H,42,45)(H,43,44). The Morgan fingerprint density at radius 2 is 1.43 bits per heavy atom. The monoisotopic (exact) mass is 648 g/mol. The third-order valence-electron chi connectivity index (χ3n) is 7.17. The van der Waals surface area contributed by atoms with Gasteiger partial charge in [0.05, 0.1) is 6.42 Å². The van der Waals surface area contributed by atoms with E-state index in [1.807, 2.05) is 12.1 Å². The summed E-state index contributed by atoms with van der Waals surface area (Å²) >= 11 is 0. The topological polar surface area (TPSA) is 131 Å². The van der Waals surface area contributed by atoms with Crippen LogP contribution in [-0.4, -0.2) is 58.2 Å². The van der Waals surface area contributed by atoms with Crippen LogP contribution in [0.5, 0.6) is 5.75 Å². The zero-order chi connectivity index (χ0) is 34.2. The second-order valence-corrected chi connectivity index (χ2v) is 11.9. The van der Waals surface area contributed by atoms with E-state index in [1.165, 1.54) is 12.1 Å². The molecule has 0 saturated carbocycles. The first-order valence-corrected chi connectivity index (χ1v) is 14.8. The lowest BCUT2D eigenvalue weighted by molar-refractivity contribution is -0.153. The molecule has 2 amide bonds. The average Bonchev–Trinajstić information content (AvgIpc) is 3.03. The molecule has 0 aliphatic rings. The number of carbonyl (C=O) groups excluding carboxylic acids is 2. The summed E-state index contributed by atoms with van der Waals surface area (Å²) in [6.45, 7) is 4.75. The van der Waals surface area contributed by atoms with E-state index in [0.717, 1.165) is 11.1 Å². The summed E-state index contributed by atoms with van der Waals surface area (Å²) < 4.78 is 41.9. The Morgan fingerprint density at radius 3 is 1.98 bits per heavy atom. The highest BCUT2D eigenvalue weighted by Crippen LogP contribution is 2.25. The number of alkyl halides is 3. The van der Waals surface area contributed by atoms with Gasteiger partial charge in [-0.25, -0.2) is 9.97 Å². The molecule has 4 rings (SSSR count). The summed E-state index contributed by atoms with van der Waals surface area (Å²) in [7, 11) is 0. The molecule has 0 aliphatic carbocycles. The summed E-state index contributed by atoms with van der Waals surface area (Å²) in [6.07, 6.45) is -1.33. The number of hydrogen-bond donors (Lipinski definition) is 3. The van der Waals surface area contributed by atoms with Crippen molar-refractivity contribution >= 4 is 17.8 Å². The number of amides is 2. The minimum atomic E-state index is -4.42. The first kappa shape index (κ1) is 34.6. The summed E-state index contributed by atoms with van der Waals surface area (Å²) in [5.74, 6) is -1.47. The smallest absolute Gasteiger partial charge is 0.422 e. The predicted molar refractivity (Wildman–Crippen MR) is 170 cm³/mol. The molecule has 0 fully saturated rings. The van der Waals surface area contributed by atoms with Gasteiger partial charge in [-0.15, -0.1) is 0 Å². The molecule has 47 heavy (non-hydrogen) atoms. The van der Waals surface area contributed by atoms with Crippen LogP contribution >= 0.6 is 0 Å². The minimum Gasteiger partial charge on any atom is -0.484 e. The number of rotatable bonds is 12. The van der Waals surface area contributed by atoms with E-state index in [-0.39, 0.29) is 30.6 Å². The molecule has 4 aromatic rings. The van der Waals surface area contributed by atoms with Crippen molar-refractivity contribution in [3.63, 3.8) is 0 Å². The number of ether oxygens (including phenoxy) is 1. The second kappa shape index (κ2) is 14.9. The van der Waals surface area contributed by atoms with E-state index < -0.39 is 36.6 Å². The highest BCUT2D eigenvalue weighted by molar-refractivity contribution is 5.97. The molecule has 0 spiro atoms. The predicted octanol–water partition coefficient (Wildman–Crippen LogP) is 5.98. The molecule has 1 atom stereocenters. The Bertz CT molecular complexity index is 1670. The van der Waals surface area contributed by atoms with Gasteiger partial charge in [0.15, 0.2) is 12.4 Å². The molecule has 12 heteroatoms. The van der Waals surface area contributed by atoms with Crippen LogP contribution in [0.25, 0.3) is 22.5 Å². The van der Waals surface area contributed by atoms with Crippen LogP contribution in [0.4, 0.5) is 13.2 Å². The van der Waals surface area contributed by atoms with Crippen molar-refractivity contribution < 1.29 is 37.4 Å². The summed E-state index contributed by atoms with van der Waals surface area (Å²) in [5.41, 5.74) is 4.15. The van der Waals surface area contributed by atoms with Crippen molar-refractivity contribution in [1.82, 2.24) is 20.6 Å². The fourth-order valence-electron chi connectivity index (χ4n) is 4.55. The summed E-state index contributed by atoms with van der Waals surface area (Å²) in [6, 6.07) is 19.4. The Kier molecular flexibility index (Phi) is 11.0. The van der Waals surface area contributed by atoms with Crippen LogP contribution < -0.4 is 15.4 Å². The van der Waals surface area contributed by atoms with Crippen LogP contribution in [0.1, 0.15) is 48.7 Å². The first-order chi connectivity index (χ1) is 22.2. The van der Waals surface area contributed by atoms with E-state index in [4.69, 9.17) is 9.84 Å². The number of hydrogen-bond acceptors (Lipinski definition) is 6. The van der Waals surface area contributed by atoms with Gasteiger partial charge in [-0.2, -0.15) is 13.2 Å². The molecule has 3 aromatic carbocycles. The zero-order valence-electron chi connectivity index (χ0n) is 26.1. The van der Waals surface area contributed by atoms with Crippen molar-refractivity contribution in [2.24, 2.45) is 0 Å². The van der Waals surface area contributed by atoms with Crippen molar-refractivity contribution in [2.75, 3.05) is 13.2 Å². The molecule has 3 N–H and O–H groups in total. The third-order valence-corrected chi connectivity index (χ3v) is 7.17. The molecule has 9 nitrogen and oxygen atoms in total. The largest absolute Gasteiger partial charge is 0.484 e. The lowest BCUT2D eigenvalue weighted by Crippen LogP contribution is -2.48. The van der Waals surface area contributed by atoms with Gasteiger partial charge >= 0.3 is 12.1 Å². The van der Waals surface area contributed by atoms with Gasteiger partial charge in [0, 0.05) is 42.0 Å².